The van der Waals surface area contributed by atoms with Crippen LogP contribution in [0.15, 0.2) is 40.1 Å². The van der Waals surface area contributed by atoms with E-state index in [4.69, 9.17) is 4.42 Å². The van der Waals surface area contributed by atoms with E-state index in [2.05, 4.69) is 15.0 Å². The molecule has 0 amide bonds. The molecule has 0 saturated carbocycles. The number of sulfone groups is 1. The second-order valence-electron chi connectivity index (χ2n) is 6.21. The van der Waals surface area contributed by atoms with Gasteiger partial charge >= 0.3 is 0 Å². The summed E-state index contributed by atoms with van der Waals surface area (Å²) in [6.07, 6.45) is 1.39. The Labute approximate surface area is 128 Å². The van der Waals surface area contributed by atoms with Crippen LogP contribution in [0, 0.1) is 0 Å². The van der Waals surface area contributed by atoms with Crippen LogP contribution in [0.3, 0.4) is 0 Å². The highest BCUT2D eigenvalue weighted by atomic mass is 32.2. The molecule has 0 atom stereocenters. The van der Waals surface area contributed by atoms with Crippen LogP contribution in [0.1, 0.15) is 32.4 Å². The molecule has 2 aromatic heterocycles. The number of fused-ring (bicyclic) bond motifs is 1. The molecule has 0 aliphatic rings. The van der Waals surface area contributed by atoms with Crippen LogP contribution in [0.5, 0.6) is 0 Å². The quantitative estimate of drug-likeness (QED) is 0.802. The number of oxazole rings is 1. The molecule has 0 bridgehead atoms. The Hall–Kier alpha value is -2.15. The molecule has 6 nitrogen and oxygen atoms in total. The van der Waals surface area contributed by atoms with Crippen LogP contribution in [-0.4, -0.2) is 23.4 Å². The Morgan fingerprint density at radius 1 is 1.18 bits per heavy atom. The molecule has 22 heavy (non-hydrogen) atoms. The Morgan fingerprint density at radius 2 is 1.91 bits per heavy atom. The minimum absolute atomic E-state index is 0.0472. The third-order valence-corrected chi connectivity index (χ3v) is 4.65. The number of hydrogen-bond acceptors (Lipinski definition) is 5. The van der Waals surface area contributed by atoms with Gasteiger partial charge in [0, 0.05) is 5.41 Å². The number of benzene rings is 1. The lowest BCUT2D eigenvalue weighted by atomic mass is 9.97. The minimum atomic E-state index is -3.60. The van der Waals surface area contributed by atoms with Crippen molar-refractivity contribution in [2.75, 3.05) is 0 Å². The number of H-pyrrole nitrogens is 1. The molecular formula is C15H17N3O3S. The normalized spacial score (nSPS) is 12.9. The molecule has 7 heteroatoms. The predicted molar refractivity (Wildman–Crippen MR) is 82.2 cm³/mol. The van der Waals surface area contributed by atoms with Crippen molar-refractivity contribution >= 4 is 20.9 Å². The number of nitrogens with zero attached hydrogens (tertiary/aromatic N) is 2. The fraction of sp³-hybridized carbons (Fsp3) is 0.333. The molecular weight excluding hydrogens is 302 g/mol. The first-order valence-electron chi connectivity index (χ1n) is 6.88. The highest BCUT2D eigenvalue weighted by Crippen LogP contribution is 2.23. The highest BCUT2D eigenvalue weighted by molar-refractivity contribution is 7.90. The van der Waals surface area contributed by atoms with Crippen molar-refractivity contribution in [2.24, 2.45) is 0 Å². The molecule has 3 aromatic rings. The highest BCUT2D eigenvalue weighted by Gasteiger charge is 2.25. The van der Waals surface area contributed by atoms with Gasteiger partial charge in [0.2, 0.25) is 15.0 Å². The maximum absolute atomic E-state index is 12.5. The third-order valence-electron chi connectivity index (χ3n) is 3.19. The van der Waals surface area contributed by atoms with Crippen molar-refractivity contribution in [3.8, 4) is 0 Å². The summed E-state index contributed by atoms with van der Waals surface area (Å²) in [6, 6.07) is 7.19. The molecule has 0 radical (unpaired) electrons. The fourth-order valence-electron chi connectivity index (χ4n) is 2.06. The van der Waals surface area contributed by atoms with E-state index in [-0.39, 0.29) is 16.3 Å². The van der Waals surface area contributed by atoms with Crippen LogP contribution in [0.4, 0.5) is 0 Å². The lowest BCUT2D eigenvalue weighted by molar-refractivity contribution is 0.392. The monoisotopic (exact) mass is 319 g/mol. The first kappa shape index (κ1) is 14.8. The molecule has 0 unspecified atom stereocenters. The van der Waals surface area contributed by atoms with E-state index in [0.29, 0.717) is 22.6 Å². The Balaban J connectivity index is 1.91. The molecule has 1 N–H and O–H groups in total. The van der Waals surface area contributed by atoms with Gasteiger partial charge in [-0.3, -0.25) is 0 Å². The lowest BCUT2D eigenvalue weighted by Crippen LogP contribution is -2.12. The van der Waals surface area contributed by atoms with Crippen molar-refractivity contribution in [3.05, 3.63) is 42.1 Å². The number of aromatic amines is 1. The van der Waals surface area contributed by atoms with Gasteiger partial charge < -0.3 is 9.40 Å². The largest absolute Gasteiger partial charge is 0.448 e. The first-order chi connectivity index (χ1) is 10.3. The third kappa shape index (κ3) is 2.76. The van der Waals surface area contributed by atoms with Gasteiger partial charge in [-0.1, -0.05) is 32.9 Å². The average Bonchev–Trinajstić information content (AvgIpc) is 3.03. The number of para-hydroxylation sites is 2. The maximum atomic E-state index is 12.5. The molecule has 2 heterocycles. The molecule has 0 aliphatic carbocycles. The molecule has 0 saturated heterocycles. The van der Waals surface area contributed by atoms with Crippen molar-refractivity contribution in [3.63, 3.8) is 0 Å². The number of rotatable bonds is 3. The number of nitrogens with one attached hydrogen (secondary N) is 1. The summed E-state index contributed by atoms with van der Waals surface area (Å²) in [5.41, 5.74) is 1.43. The maximum Gasteiger partial charge on any atom is 0.226 e. The molecule has 1 aromatic carbocycles. The lowest BCUT2D eigenvalue weighted by Gasteiger charge is -2.11. The van der Waals surface area contributed by atoms with Gasteiger partial charge in [0.25, 0.3) is 0 Å². The van der Waals surface area contributed by atoms with Gasteiger partial charge in [-0.25, -0.2) is 18.4 Å². The van der Waals surface area contributed by atoms with Crippen LogP contribution in [0.2, 0.25) is 0 Å². The molecule has 0 spiro atoms. The van der Waals surface area contributed by atoms with E-state index in [1.807, 2.05) is 32.9 Å². The van der Waals surface area contributed by atoms with Gasteiger partial charge in [0.15, 0.2) is 5.89 Å². The molecule has 116 valence electrons. The van der Waals surface area contributed by atoms with E-state index in [0.717, 1.165) is 0 Å². The topological polar surface area (TPSA) is 88.9 Å². The van der Waals surface area contributed by atoms with E-state index in [1.165, 1.54) is 6.26 Å². The van der Waals surface area contributed by atoms with Gasteiger partial charge in [-0.05, 0) is 12.1 Å². The van der Waals surface area contributed by atoms with Crippen molar-refractivity contribution in [1.29, 1.82) is 0 Å². The Kier molecular flexibility index (Phi) is 3.32. The van der Waals surface area contributed by atoms with Crippen molar-refractivity contribution in [1.82, 2.24) is 15.0 Å². The van der Waals surface area contributed by atoms with Gasteiger partial charge in [-0.2, -0.15) is 0 Å². The summed E-state index contributed by atoms with van der Waals surface area (Å²) < 4.78 is 30.3. The number of hydrogen-bond donors (Lipinski definition) is 1. The summed E-state index contributed by atoms with van der Waals surface area (Å²) in [6.45, 7) is 5.86. The summed E-state index contributed by atoms with van der Waals surface area (Å²) in [4.78, 5) is 11.2. The van der Waals surface area contributed by atoms with Gasteiger partial charge in [0.1, 0.15) is 12.0 Å². The molecule has 0 fully saturated rings. The molecule has 0 aliphatic heterocycles. The van der Waals surface area contributed by atoms with E-state index < -0.39 is 9.84 Å². The number of imidazole rings is 1. The Morgan fingerprint density at radius 3 is 2.55 bits per heavy atom. The first-order valence-corrected chi connectivity index (χ1v) is 8.53. The van der Waals surface area contributed by atoms with Gasteiger partial charge in [0.05, 0.1) is 16.7 Å². The van der Waals surface area contributed by atoms with E-state index >= 15 is 0 Å². The number of aromatic nitrogens is 3. The minimum Gasteiger partial charge on any atom is -0.448 e. The van der Waals surface area contributed by atoms with Crippen LogP contribution >= 0.6 is 0 Å². The van der Waals surface area contributed by atoms with E-state index in [9.17, 15) is 8.42 Å². The standard InChI is InChI=1S/C15H17N3O3S/c1-15(2,3)13-16-10(8-21-13)9-22(19,20)14-17-11-6-4-5-7-12(11)18-14/h4-8H,9H2,1-3H3,(H,17,18). The van der Waals surface area contributed by atoms with Crippen LogP contribution in [-0.2, 0) is 21.0 Å². The summed E-state index contributed by atoms with van der Waals surface area (Å²) in [5, 5.41) is -0.0472. The zero-order valence-corrected chi connectivity index (χ0v) is 13.4. The predicted octanol–water partition coefficient (Wildman–Crippen LogP) is 2.82. The summed E-state index contributed by atoms with van der Waals surface area (Å²) >= 11 is 0. The second-order valence-corrected chi connectivity index (χ2v) is 8.12. The van der Waals surface area contributed by atoms with Crippen LogP contribution in [0.25, 0.3) is 11.0 Å². The van der Waals surface area contributed by atoms with Crippen molar-refractivity contribution in [2.45, 2.75) is 37.1 Å². The van der Waals surface area contributed by atoms with E-state index in [1.54, 1.807) is 12.1 Å². The zero-order chi connectivity index (χ0) is 16.0. The smallest absolute Gasteiger partial charge is 0.226 e. The average molecular weight is 319 g/mol. The SMILES string of the molecule is CC(C)(C)c1nc(CS(=O)(=O)c2nc3ccccc3[nH]2)co1. The Bertz CT molecular complexity index is 884. The van der Waals surface area contributed by atoms with Gasteiger partial charge in [-0.15, -0.1) is 0 Å². The van der Waals surface area contributed by atoms with Crippen molar-refractivity contribution < 1.29 is 12.8 Å². The fourth-order valence-corrected chi connectivity index (χ4v) is 3.22. The summed E-state index contributed by atoms with van der Waals surface area (Å²) in [7, 11) is -3.60. The summed E-state index contributed by atoms with van der Waals surface area (Å²) in [5.74, 6) is 0.272. The molecule has 3 rings (SSSR count). The zero-order valence-electron chi connectivity index (χ0n) is 12.6. The van der Waals surface area contributed by atoms with Crippen LogP contribution < -0.4 is 0 Å². The second kappa shape index (κ2) is 4.95.